The van der Waals surface area contributed by atoms with Crippen molar-refractivity contribution in [3.63, 3.8) is 0 Å². The van der Waals surface area contributed by atoms with Crippen LogP contribution in [0.25, 0.3) is 0 Å². The summed E-state index contributed by atoms with van der Waals surface area (Å²) in [5.41, 5.74) is 0.869. The van der Waals surface area contributed by atoms with E-state index < -0.39 is 4.92 Å². The van der Waals surface area contributed by atoms with Crippen molar-refractivity contribution in [3.8, 4) is 11.5 Å². The maximum atomic E-state index is 12.3. The smallest absolute Gasteiger partial charge is 0.269 e. The monoisotopic (exact) mass is 334 g/mol. The molecule has 0 fully saturated rings. The van der Waals surface area contributed by atoms with E-state index >= 15 is 0 Å². The van der Waals surface area contributed by atoms with E-state index in [1.165, 1.54) is 24.3 Å². The number of non-ortho nitro benzene ring substituents is 1. The summed E-state index contributed by atoms with van der Waals surface area (Å²) in [4.78, 5) is 22.5. The van der Waals surface area contributed by atoms with Crippen molar-refractivity contribution in [2.24, 2.45) is 0 Å². The van der Waals surface area contributed by atoms with E-state index in [0.29, 0.717) is 22.7 Å². The highest BCUT2D eigenvalue weighted by Gasteiger charge is 2.09. The third kappa shape index (κ3) is 4.20. The Morgan fingerprint density at radius 3 is 2.24 bits per heavy atom. The summed E-state index contributed by atoms with van der Waals surface area (Å²) in [6.45, 7) is 0. The molecule has 0 aliphatic heterocycles. The fraction of sp³-hybridized carbons (Fsp3) is 0. The van der Waals surface area contributed by atoms with Gasteiger partial charge in [0.15, 0.2) is 0 Å². The van der Waals surface area contributed by atoms with Crippen LogP contribution in [0, 0.1) is 10.1 Å². The Bertz CT molecular complexity index is 893. The Morgan fingerprint density at radius 2 is 1.56 bits per heavy atom. The van der Waals surface area contributed by atoms with Gasteiger partial charge in [-0.2, -0.15) is 0 Å². The van der Waals surface area contributed by atoms with Crippen LogP contribution < -0.4 is 10.1 Å². The number of hydrogen-bond donors (Lipinski definition) is 1. The zero-order chi connectivity index (χ0) is 17.6. The van der Waals surface area contributed by atoms with E-state index in [1.807, 2.05) is 30.3 Å². The summed E-state index contributed by atoms with van der Waals surface area (Å²) in [5, 5.41) is 13.3. The van der Waals surface area contributed by atoms with Crippen LogP contribution in [0.2, 0.25) is 0 Å². The zero-order valence-electron chi connectivity index (χ0n) is 13.1. The summed E-state index contributed by atoms with van der Waals surface area (Å²) < 4.78 is 5.71. The molecule has 0 aliphatic rings. The second-order valence-electron chi connectivity index (χ2n) is 5.20. The number of nitrogens with zero attached hydrogens (tertiary/aromatic N) is 1. The van der Waals surface area contributed by atoms with Crippen molar-refractivity contribution in [1.29, 1.82) is 0 Å². The number of rotatable bonds is 5. The number of amides is 1. The molecule has 0 bridgehead atoms. The molecule has 3 aromatic carbocycles. The van der Waals surface area contributed by atoms with Crippen LogP contribution in [0.15, 0.2) is 78.9 Å². The highest BCUT2D eigenvalue weighted by Crippen LogP contribution is 2.22. The normalized spacial score (nSPS) is 10.1. The standard InChI is InChI=1S/C19H14N2O4/c22-19(20-15-9-11-16(12-10-15)21(23)24)14-5-4-8-18(13-14)25-17-6-2-1-3-7-17/h1-13H,(H,20,22). The van der Waals surface area contributed by atoms with E-state index in [-0.39, 0.29) is 11.6 Å². The lowest BCUT2D eigenvalue weighted by molar-refractivity contribution is -0.384. The van der Waals surface area contributed by atoms with Crippen LogP contribution in [0.4, 0.5) is 11.4 Å². The van der Waals surface area contributed by atoms with Crippen LogP contribution in [0.5, 0.6) is 11.5 Å². The molecule has 3 rings (SSSR count). The second kappa shape index (κ2) is 7.27. The quantitative estimate of drug-likeness (QED) is 0.544. The molecule has 0 saturated carbocycles. The highest BCUT2D eigenvalue weighted by molar-refractivity contribution is 6.04. The first-order valence-corrected chi connectivity index (χ1v) is 7.50. The van der Waals surface area contributed by atoms with Gasteiger partial charge in [0, 0.05) is 23.4 Å². The van der Waals surface area contributed by atoms with Gasteiger partial charge in [0.05, 0.1) is 4.92 Å². The molecular weight excluding hydrogens is 320 g/mol. The first-order valence-electron chi connectivity index (χ1n) is 7.50. The van der Waals surface area contributed by atoms with E-state index in [9.17, 15) is 14.9 Å². The lowest BCUT2D eigenvalue weighted by Crippen LogP contribution is -2.11. The number of hydrogen-bond acceptors (Lipinski definition) is 4. The van der Waals surface area contributed by atoms with Gasteiger partial charge in [0.2, 0.25) is 0 Å². The summed E-state index contributed by atoms with van der Waals surface area (Å²) in [6.07, 6.45) is 0. The van der Waals surface area contributed by atoms with Gasteiger partial charge < -0.3 is 10.1 Å². The van der Waals surface area contributed by atoms with E-state index in [1.54, 1.807) is 24.3 Å². The Balaban J connectivity index is 1.71. The number of nitrogens with one attached hydrogen (secondary N) is 1. The Hall–Kier alpha value is -3.67. The number of nitro groups is 1. The largest absolute Gasteiger partial charge is 0.457 e. The summed E-state index contributed by atoms with van der Waals surface area (Å²) >= 11 is 0. The first-order chi connectivity index (χ1) is 12.1. The number of benzene rings is 3. The number of para-hydroxylation sites is 1. The summed E-state index contributed by atoms with van der Waals surface area (Å²) in [6, 6.07) is 21.7. The van der Waals surface area contributed by atoms with Crippen molar-refractivity contribution in [3.05, 3.63) is 94.5 Å². The molecule has 1 amide bonds. The Kier molecular flexibility index (Phi) is 4.71. The van der Waals surface area contributed by atoms with E-state index in [0.717, 1.165) is 0 Å². The molecule has 0 unspecified atom stereocenters. The van der Waals surface area contributed by atoms with Gasteiger partial charge in [-0.15, -0.1) is 0 Å². The summed E-state index contributed by atoms with van der Waals surface area (Å²) in [5.74, 6) is 0.894. The number of carbonyl (C=O) groups is 1. The van der Waals surface area contributed by atoms with Crippen LogP contribution in [-0.2, 0) is 0 Å². The number of nitro benzene ring substituents is 1. The first kappa shape index (κ1) is 16.2. The number of carbonyl (C=O) groups excluding carboxylic acids is 1. The zero-order valence-corrected chi connectivity index (χ0v) is 13.1. The molecule has 0 saturated heterocycles. The molecule has 0 atom stereocenters. The van der Waals surface area contributed by atoms with Gasteiger partial charge in [-0.1, -0.05) is 24.3 Å². The maximum absolute atomic E-state index is 12.3. The summed E-state index contributed by atoms with van der Waals surface area (Å²) in [7, 11) is 0. The van der Waals surface area contributed by atoms with Crippen molar-refractivity contribution < 1.29 is 14.5 Å². The predicted octanol–water partition coefficient (Wildman–Crippen LogP) is 4.64. The fourth-order valence-electron chi connectivity index (χ4n) is 2.20. The van der Waals surface area contributed by atoms with Crippen molar-refractivity contribution >= 4 is 17.3 Å². The minimum Gasteiger partial charge on any atom is -0.457 e. The molecule has 1 N–H and O–H groups in total. The molecule has 0 aromatic heterocycles. The lowest BCUT2D eigenvalue weighted by atomic mass is 10.2. The Morgan fingerprint density at radius 1 is 0.880 bits per heavy atom. The van der Waals surface area contributed by atoms with Crippen molar-refractivity contribution in [2.75, 3.05) is 5.32 Å². The fourth-order valence-corrected chi connectivity index (χ4v) is 2.20. The van der Waals surface area contributed by atoms with Crippen LogP contribution in [0.3, 0.4) is 0 Å². The van der Waals surface area contributed by atoms with E-state index in [2.05, 4.69) is 5.32 Å². The van der Waals surface area contributed by atoms with Gasteiger partial charge >= 0.3 is 0 Å². The molecule has 0 radical (unpaired) electrons. The van der Waals surface area contributed by atoms with Crippen molar-refractivity contribution in [1.82, 2.24) is 0 Å². The topological polar surface area (TPSA) is 81.5 Å². The van der Waals surface area contributed by atoms with E-state index in [4.69, 9.17) is 4.74 Å². The van der Waals surface area contributed by atoms with Crippen LogP contribution in [-0.4, -0.2) is 10.8 Å². The average Bonchev–Trinajstić information content (AvgIpc) is 2.63. The Labute approximate surface area is 143 Å². The third-order valence-corrected chi connectivity index (χ3v) is 3.41. The van der Waals surface area contributed by atoms with Gasteiger partial charge in [-0.05, 0) is 42.5 Å². The molecule has 0 spiro atoms. The molecule has 0 heterocycles. The molecule has 124 valence electrons. The average molecular weight is 334 g/mol. The second-order valence-corrected chi connectivity index (χ2v) is 5.20. The highest BCUT2D eigenvalue weighted by atomic mass is 16.6. The minimum atomic E-state index is -0.490. The molecule has 0 aliphatic carbocycles. The number of ether oxygens (including phenoxy) is 1. The van der Waals surface area contributed by atoms with Gasteiger partial charge in [-0.25, -0.2) is 0 Å². The third-order valence-electron chi connectivity index (χ3n) is 3.41. The number of anilines is 1. The SMILES string of the molecule is O=C(Nc1ccc([N+](=O)[O-])cc1)c1cccc(Oc2ccccc2)c1. The van der Waals surface area contributed by atoms with Gasteiger partial charge in [-0.3, -0.25) is 14.9 Å². The molecular formula is C19H14N2O4. The van der Waals surface area contributed by atoms with Gasteiger partial charge in [0.1, 0.15) is 11.5 Å². The molecule has 6 heteroatoms. The van der Waals surface area contributed by atoms with Gasteiger partial charge in [0.25, 0.3) is 11.6 Å². The lowest BCUT2D eigenvalue weighted by Gasteiger charge is -2.08. The minimum absolute atomic E-state index is 0.0312. The van der Waals surface area contributed by atoms with Crippen LogP contribution in [0.1, 0.15) is 10.4 Å². The molecule has 3 aromatic rings. The molecule has 6 nitrogen and oxygen atoms in total. The predicted molar refractivity (Wildman–Crippen MR) is 94.0 cm³/mol. The van der Waals surface area contributed by atoms with Crippen LogP contribution >= 0.6 is 0 Å². The van der Waals surface area contributed by atoms with Crippen molar-refractivity contribution in [2.45, 2.75) is 0 Å². The maximum Gasteiger partial charge on any atom is 0.269 e. The molecule has 25 heavy (non-hydrogen) atoms.